The summed E-state index contributed by atoms with van der Waals surface area (Å²) in [6, 6.07) is 0. The number of piperidine rings is 1. The summed E-state index contributed by atoms with van der Waals surface area (Å²) in [5.41, 5.74) is 0.487. The van der Waals surface area contributed by atoms with Crippen molar-refractivity contribution < 1.29 is 0 Å². The molecule has 1 aliphatic heterocycles. The number of rotatable bonds is 2. The van der Waals surface area contributed by atoms with Crippen molar-refractivity contribution in [1.82, 2.24) is 4.90 Å². The molecule has 12 heavy (non-hydrogen) atoms. The summed E-state index contributed by atoms with van der Waals surface area (Å²) in [6.07, 6.45) is 3.34. The largest absolute Gasteiger partial charge is 0.299 e. The van der Waals surface area contributed by atoms with Crippen LogP contribution in [-0.2, 0) is 0 Å². The standard InChI is InChI=1S/C11H21N/c1-5-7-12-8-6-10(2)11(3,4)9-12/h5,10H,1,6-9H2,2-4H3. The Hall–Kier alpha value is -0.300. The molecule has 1 fully saturated rings. The van der Waals surface area contributed by atoms with E-state index >= 15 is 0 Å². The average molecular weight is 167 g/mol. The van der Waals surface area contributed by atoms with Crippen molar-refractivity contribution in [2.24, 2.45) is 11.3 Å². The first-order valence-corrected chi connectivity index (χ1v) is 4.89. The van der Waals surface area contributed by atoms with Crippen LogP contribution in [0.1, 0.15) is 27.2 Å². The Morgan fingerprint density at radius 3 is 2.75 bits per heavy atom. The van der Waals surface area contributed by atoms with Gasteiger partial charge in [-0.05, 0) is 24.3 Å². The maximum absolute atomic E-state index is 3.78. The summed E-state index contributed by atoms with van der Waals surface area (Å²) in [4.78, 5) is 2.49. The second-order valence-electron chi connectivity index (χ2n) is 4.70. The summed E-state index contributed by atoms with van der Waals surface area (Å²) in [5.74, 6) is 0.860. The quantitative estimate of drug-likeness (QED) is 0.571. The van der Waals surface area contributed by atoms with E-state index < -0.39 is 0 Å². The molecular weight excluding hydrogens is 146 g/mol. The van der Waals surface area contributed by atoms with Crippen molar-refractivity contribution >= 4 is 0 Å². The lowest BCUT2D eigenvalue weighted by molar-refractivity contribution is 0.0730. The molecule has 1 nitrogen and oxygen atoms in total. The number of nitrogens with zero attached hydrogens (tertiary/aromatic N) is 1. The van der Waals surface area contributed by atoms with Crippen LogP contribution in [0.5, 0.6) is 0 Å². The molecule has 1 rings (SSSR count). The van der Waals surface area contributed by atoms with Crippen molar-refractivity contribution in [2.45, 2.75) is 27.2 Å². The van der Waals surface area contributed by atoms with Crippen LogP contribution in [0.15, 0.2) is 12.7 Å². The summed E-state index contributed by atoms with van der Waals surface area (Å²) < 4.78 is 0. The highest BCUT2D eigenvalue weighted by atomic mass is 15.1. The molecule has 1 unspecified atom stereocenters. The van der Waals surface area contributed by atoms with Crippen molar-refractivity contribution in [3.05, 3.63) is 12.7 Å². The Labute approximate surface area is 76.5 Å². The SMILES string of the molecule is C=CCN1CCC(C)C(C)(C)C1. The molecule has 0 amide bonds. The summed E-state index contributed by atoms with van der Waals surface area (Å²) in [6.45, 7) is 14.4. The van der Waals surface area contributed by atoms with Gasteiger partial charge in [0.1, 0.15) is 0 Å². The molecule has 70 valence electrons. The predicted octanol–water partition coefficient (Wildman–Crippen LogP) is 2.54. The third kappa shape index (κ3) is 2.10. The van der Waals surface area contributed by atoms with Crippen LogP contribution in [-0.4, -0.2) is 24.5 Å². The zero-order valence-electron chi connectivity index (χ0n) is 8.64. The molecule has 1 aliphatic rings. The second kappa shape index (κ2) is 3.61. The lowest BCUT2D eigenvalue weighted by Gasteiger charge is -2.42. The summed E-state index contributed by atoms with van der Waals surface area (Å²) in [7, 11) is 0. The molecule has 1 atom stereocenters. The molecule has 1 heteroatoms. The highest BCUT2D eigenvalue weighted by Crippen LogP contribution is 2.33. The fraction of sp³-hybridized carbons (Fsp3) is 0.818. The fourth-order valence-corrected chi connectivity index (χ4v) is 1.92. The Kier molecular flexibility index (Phi) is 2.94. The van der Waals surface area contributed by atoms with Gasteiger partial charge >= 0.3 is 0 Å². The minimum absolute atomic E-state index is 0.487. The number of likely N-dealkylation sites (tertiary alicyclic amines) is 1. The van der Waals surface area contributed by atoms with Crippen molar-refractivity contribution in [3.8, 4) is 0 Å². The van der Waals surface area contributed by atoms with Crippen molar-refractivity contribution in [3.63, 3.8) is 0 Å². The minimum atomic E-state index is 0.487. The van der Waals surface area contributed by atoms with E-state index in [2.05, 4.69) is 32.3 Å². The van der Waals surface area contributed by atoms with E-state index in [0.29, 0.717) is 5.41 Å². The van der Waals surface area contributed by atoms with Gasteiger partial charge in [0.15, 0.2) is 0 Å². The molecule has 0 aromatic heterocycles. The normalized spacial score (nSPS) is 30.1. The van der Waals surface area contributed by atoms with Gasteiger partial charge in [-0.25, -0.2) is 0 Å². The fourth-order valence-electron chi connectivity index (χ4n) is 1.92. The molecule has 0 saturated carbocycles. The first-order chi connectivity index (χ1) is 5.56. The Bertz CT molecular complexity index is 160. The lowest BCUT2D eigenvalue weighted by Crippen LogP contribution is -2.44. The van der Waals surface area contributed by atoms with Gasteiger partial charge < -0.3 is 0 Å². The Balaban J connectivity index is 2.50. The van der Waals surface area contributed by atoms with Crippen LogP contribution < -0.4 is 0 Å². The monoisotopic (exact) mass is 167 g/mol. The van der Waals surface area contributed by atoms with Crippen LogP contribution in [0.2, 0.25) is 0 Å². The predicted molar refractivity (Wildman–Crippen MR) is 54.2 cm³/mol. The highest BCUT2D eigenvalue weighted by Gasteiger charge is 2.31. The highest BCUT2D eigenvalue weighted by molar-refractivity contribution is 4.87. The van der Waals surface area contributed by atoms with E-state index in [9.17, 15) is 0 Å². The van der Waals surface area contributed by atoms with Crippen LogP contribution in [0, 0.1) is 11.3 Å². The van der Waals surface area contributed by atoms with Crippen LogP contribution in [0.4, 0.5) is 0 Å². The molecule has 0 aliphatic carbocycles. The van der Waals surface area contributed by atoms with E-state index in [1.807, 2.05) is 6.08 Å². The van der Waals surface area contributed by atoms with Gasteiger partial charge in [-0.3, -0.25) is 4.90 Å². The lowest BCUT2D eigenvalue weighted by atomic mass is 9.75. The molecule has 1 saturated heterocycles. The van der Waals surface area contributed by atoms with Crippen molar-refractivity contribution in [1.29, 1.82) is 0 Å². The third-order valence-corrected chi connectivity index (χ3v) is 3.23. The molecule has 1 heterocycles. The molecule has 0 aromatic rings. The molecule has 0 aromatic carbocycles. The Morgan fingerprint density at radius 1 is 1.58 bits per heavy atom. The second-order valence-corrected chi connectivity index (χ2v) is 4.70. The zero-order valence-corrected chi connectivity index (χ0v) is 8.64. The summed E-state index contributed by atoms with van der Waals surface area (Å²) >= 11 is 0. The van der Waals surface area contributed by atoms with Gasteiger partial charge in [-0.15, -0.1) is 6.58 Å². The zero-order chi connectivity index (χ0) is 9.19. The number of hydrogen-bond donors (Lipinski definition) is 0. The maximum atomic E-state index is 3.78. The van der Waals surface area contributed by atoms with Crippen molar-refractivity contribution in [2.75, 3.05) is 19.6 Å². The maximum Gasteiger partial charge on any atom is 0.0160 e. The first kappa shape index (κ1) is 9.79. The molecule has 0 radical (unpaired) electrons. The number of hydrogen-bond acceptors (Lipinski definition) is 1. The molecular formula is C11H21N. The van der Waals surface area contributed by atoms with E-state index in [1.165, 1.54) is 19.5 Å². The molecule has 0 spiro atoms. The van der Waals surface area contributed by atoms with Gasteiger partial charge in [-0.1, -0.05) is 26.8 Å². The van der Waals surface area contributed by atoms with Gasteiger partial charge in [0.25, 0.3) is 0 Å². The van der Waals surface area contributed by atoms with Gasteiger partial charge in [0.05, 0.1) is 0 Å². The average Bonchev–Trinajstić information content (AvgIpc) is 1.97. The van der Waals surface area contributed by atoms with Crippen LogP contribution in [0.3, 0.4) is 0 Å². The Morgan fingerprint density at radius 2 is 2.25 bits per heavy atom. The summed E-state index contributed by atoms with van der Waals surface area (Å²) in [5, 5.41) is 0. The topological polar surface area (TPSA) is 3.24 Å². The smallest absolute Gasteiger partial charge is 0.0160 e. The van der Waals surface area contributed by atoms with E-state index in [4.69, 9.17) is 0 Å². The van der Waals surface area contributed by atoms with Crippen LogP contribution >= 0.6 is 0 Å². The minimum Gasteiger partial charge on any atom is -0.299 e. The molecule has 0 N–H and O–H groups in total. The van der Waals surface area contributed by atoms with E-state index in [1.54, 1.807) is 0 Å². The molecule has 0 bridgehead atoms. The van der Waals surface area contributed by atoms with Crippen LogP contribution in [0.25, 0.3) is 0 Å². The third-order valence-electron chi connectivity index (χ3n) is 3.23. The van der Waals surface area contributed by atoms with E-state index in [-0.39, 0.29) is 0 Å². The first-order valence-electron chi connectivity index (χ1n) is 4.89. The van der Waals surface area contributed by atoms with Gasteiger partial charge in [-0.2, -0.15) is 0 Å². The van der Waals surface area contributed by atoms with Gasteiger partial charge in [0.2, 0.25) is 0 Å². The van der Waals surface area contributed by atoms with Gasteiger partial charge in [0, 0.05) is 13.1 Å². The van der Waals surface area contributed by atoms with E-state index in [0.717, 1.165) is 12.5 Å².